The largest absolute Gasteiger partial charge is 0.508 e. The molecule has 3 nitrogen and oxygen atoms in total. The summed E-state index contributed by atoms with van der Waals surface area (Å²) in [6.45, 7) is 0. The van der Waals surface area contributed by atoms with Gasteiger partial charge in [0.05, 0.1) is 7.11 Å². The molecule has 2 rings (SSSR count). The quantitative estimate of drug-likeness (QED) is 0.839. The molecule has 88 valence electrons. The maximum atomic E-state index is 13.1. The van der Waals surface area contributed by atoms with E-state index in [-0.39, 0.29) is 11.5 Å². The third-order valence-electron chi connectivity index (χ3n) is 2.39. The molecule has 0 saturated carbocycles. The predicted molar refractivity (Wildman–Crippen MR) is 61.7 cm³/mol. The molecule has 0 aliphatic heterocycles. The highest BCUT2D eigenvalue weighted by molar-refractivity contribution is 5.68. The first-order valence-corrected chi connectivity index (χ1v) is 4.97. The number of aromatic hydroxyl groups is 2. The Balaban J connectivity index is 2.49. The van der Waals surface area contributed by atoms with Crippen LogP contribution in [0.25, 0.3) is 11.1 Å². The van der Waals surface area contributed by atoms with Gasteiger partial charge in [-0.25, -0.2) is 4.39 Å². The maximum Gasteiger partial charge on any atom is 0.160 e. The molecule has 0 aromatic heterocycles. The Labute approximate surface area is 97.7 Å². The molecule has 0 amide bonds. The standard InChI is InChI=1S/C13H11FO3/c1-17-13-3-2-8(6-12(13)16)9-4-10(14)7-11(15)5-9/h2-7,15-16H,1H3. The summed E-state index contributed by atoms with van der Waals surface area (Å²) in [6.07, 6.45) is 0. The van der Waals surface area contributed by atoms with Crippen LogP contribution in [-0.4, -0.2) is 17.3 Å². The number of hydrogen-bond donors (Lipinski definition) is 2. The summed E-state index contributed by atoms with van der Waals surface area (Å²) in [7, 11) is 1.45. The van der Waals surface area contributed by atoms with E-state index in [0.29, 0.717) is 16.9 Å². The third kappa shape index (κ3) is 2.30. The summed E-state index contributed by atoms with van der Waals surface area (Å²) < 4.78 is 18.0. The molecule has 0 radical (unpaired) electrons. The van der Waals surface area contributed by atoms with Gasteiger partial charge < -0.3 is 14.9 Å². The summed E-state index contributed by atoms with van der Waals surface area (Å²) >= 11 is 0. The fourth-order valence-corrected chi connectivity index (χ4v) is 1.61. The van der Waals surface area contributed by atoms with E-state index in [0.717, 1.165) is 6.07 Å². The van der Waals surface area contributed by atoms with Crippen LogP contribution in [0.1, 0.15) is 0 Å². The zero-order chi connectivity index (χ0) is 12.4. The zero-order valence-electron chi connectivity index (χ0n) is 9.14. The van der Waals surface area contributed by atoms with Gasteiger partial charge in [-0.2, -0.15) is 0 Å². The van der Waals surface area contributed by atoms with Crippen molar-refractivity contribution < 1.29 is 19.3 Å². The summed E-state index contributed by atoms with van der Waals surface area (Å²) in [5, 5.41) is 18.9. The first-order valence-electron chi connectivity index (χ1n) is 4.97. The summed E-state index contributed by atoms with van der Waals surface area (Å²) in [6, 6.07) is 8.42. The Hall–Kier alpha value is -2.23. The SMILES string of the molecule is COc1ccc(-c2cc(O)cc(F)c2)cc1O. The third-order valence-corrected chi connectivity index (χ3v) is 2.39. The van der Waals surface area contributed by atoms with Crippen LogP contribution in [-0.2, 0) is 0 Å². The molecule has 0 bridgehead atoms. The van der Waals surface area contributed by atoms with E-state index in [1.807, 2.05) is 0 Å². The topological polar surface area (TPSA) is 49.7 Å². The number of phenolic OH excluding ortho intramolecular Hbond substituents is 2. The van der Waals surface area contributed by atoms with Gasteiger partial charge in [0, 0.05) is 6.07 Å². The molecule has 0 unspecified atom stereocenters. The van der Waals surface area contributed by atoms with Crippen LogP contribution in [0.4, 0.5) is 4.39 Å². The van der Waals surface area contributed by atoms with Crippen LogP contribution in [0, 0.1) is 5.82 Å². The predicted octanol–water partition coefficient (Wildman–Crippen LogP) is 2.91. The van der Waals surface area contributed by atoms with Crippen LogP contribution in [0.15, 0.2) is 36.4 Å². The van der Waals surface area contributed by atoms with Gasteiger partial charge in [0.25, 0.3) is 0 Å². The molecule has 0 saturated heterocycles. The highest BCUT2D eigenvalue weighted by atomic mass is 19.1. The van der Waals surface area contributed by atoms with E-state index >= 15 is 0 Å². The minimum Gasteiger partial charge on any atom is -0.508 e. The van der Waals surface area contributed by atoms with Crippen molar-refractivity contribution in [3.8, 4) is 28.4 Å². The van der Waals surface area contributed by atoms with Crippen LogP contribution in [0.3, 0.4) is 0 Å². The number of benzene rings is 2. The summed E-state index contributed by atoms with van der Waals surface area (Å²) in [5.41, 5.74) is 1.08. The van der Waals surface area contributed by atoms with Gasteiger partial charge in [0.15, 0.2) is 11.5 Å². The van der Waals surface area contributed by atoms with Gasteiger partial charge in [-0.15, -0.1) is 0 Å². The number of methoxy groups -OCH3 is 1. The van der Waals surface area contributed by atoms with E-state index in [2.05, 4.69) is 0 Å². The van der Waals surface area contributed by atoms with Gasteiger partial charge in [-0.1, -0.05) is 6.07 Å². The monoisotopic (exact) mass is 234 g/mol. The van der Waals surface area contributed by atoms with Crippen LogP contribution >= 0.6 is 0 Å². The highest BCUT2D eigenvalue weighted by Gasteiger charge is 2.06. The molecule has 0 aliphatic rings. The van der Waals surface area contributed by atoms with Crippen molar-refractivity contribution in [1.29, 1.82) is 0 Å². The molecule has 0 aliphatic carbocycles. The van der Waals surface area contributed by atoms with Gasteiger partial charge in [-0.05, 0) is 35.4 Å². The smallest absolute Gasteiger partial charge is 0.160 e. The molecule has 0 fully saturated rings. The minimum absolute atomic E-state index is 0.0336. The number of ether oxygens (including phenoxy) is 1. The molecule has 0 heterocycles. The van der Waals surface area contributed by atoms with Crippen molar-refractivity contribution in [2.45, 2.75) is 0 Å². The second-order valence-corrected chi connectivity index (χ2v) is 3.58. The van der Waals surface area contributed by atoms with E-state index in [1.165, 1.54) is 25.3 Å². The van der Waals surface area contributed by atoms with Crippen molar-refractivity contribution in [3.63, 3.8) is 0 Å². The van der Waals surface area contributed by atoms with Gasteiger partial charge in [0.2, 0.25) is 0 Å². The van der Waals surface area contributed by atoms with E-state index in [9.17, 15) is 14.6 Å². The molecular formula is C13H11FO3. The molecule has 2 aromatic carbocycles. The summed E-state index contributed by atoms with van der Waals surface area (Å²) in [4.78, 5) is 0. The normalized spacial score (nSPS) is 10.2. The highest BCUT2D eigenvalue weighted by Crippen LogP contribution is 2.32. The first kappa shape index (κ1) is 11.3. The Morgan fingerprint density at radius 2 is 1.76 bits per heavy atom. The molecule has 17 heavy (non-hydrogen) atoms. The fraction of sp³-hybridized carbons (Fsp3) is 0.0769. The van der Waals surface area contributed by atoms with Crippen molar-refractivity contribution in [2.75, 3.05) is 7.11 Å². The van der Waals surface area contributed by atoms with Gasteiger partial charge >= 0.3 is 0 Å². The van der Waals surface area contributed by atoms with Crippen LogP contribution in [0.2, 0.25) is 0 Å². The van der Waals surface area contributed by atoms with Gasteiger partial charge in [-0.3, -0.25) is 0 Å². The lowest BCUT2D eigenvalue weighted by molar-refractivity contribution is 0.373. The van der Waals surface area contributed by atoms with E-state index in [1.54, 1.807) is 12.1 Å². The average Bonchev–Trinajstić information content (AvgIpc) is 2.27. The average molecular weight is 234 g/mol. The van der Waals surface area contributed by atoms with Crippen molar-refractivity contribution in [2.24, 2.45) is 0 Å². The number of halogens is 1. The Morgan fingerprint density at radius 1 is 1.00 bits per heavy atom. The van der Waals surface area contributed by atoms with Crippen LogP contribution < -0.4 is 4.74 Å². The Morgan fingerprint density at radius 3 is 2.35 bits per heavy atom. The molecule has 0 atom stereocenters. The second kappa shape index (κ2) is 4.33. The van der Waals surface area contributed by atoms with E-state index in [4.69, 9.17) is 4.74 Å². The number of phenols is 2. The van der Waals surface area contributed by atoms with Crippen molar-refractivity contribution in [1.82, 2.24) is 0 Å². The molecule has 2 aromatic rings. The maximum absolute atomic E-state index is 13.1. The van der Waals surface area contributed by atoms with Crippen molar-refractivity contribution >= 4 is 0 Å². The number of rotatable bonds is 2. The molecular weight excluding hydrogens is 223 g/mol. The Kier molecular flexibility index (Phi) is 2.87. The summed E-state index contributed by atoms with van der Waals surface area (Å²) in [5.74, 6) is -0.381. The molecule has 0 spiro atoms. The molecule has 2 N–H and O–H groups in total. The van der Waals surface area contributed by atoms with Gasteiger partial charge in [0.1, 0.15) is 11.6 Å². The fourth-order valence-electron chi connectivity index (χ4n) is 1.61. The van der Waals surface area contributed by atoms with Crippen molar-refractivity contribution in [3.05, 3.63) is 42.2 Å². The minimum atomic E-state index is -0.532. The first-order chi connectivity index (χ1) is 8.10. The van der Waals surface area contributed by atoms with Crippen LogP contribution in [0.5, 0.6) is 17.2 Å². The zero-order valence-corrected chi connectivity index (χ0v) is 9.14. The lowest BCUT2D eigenvalue weighted by Gasteiger charge is -2.07. The lowest BCUT2D eigenvalue weighted by atomic mass is 10.0. The second-order valence-electron chi connectivity index (χ2n) is 3.58. The Bertz CT molecular complexity index is 532. The number of hydrogen-bond acceptors (Lipinski definition) is 3. The van der Waals surface area contributed by atoms with E-state index < -0.39 is 5.82 Å². The molecule has 4 heteroatoms. The lowest BCUT2D eigenvalue weighted by Crippen LogP contribution is -1.85.